The molecule has 0 spiro atoms. The van der Waals surface area contributed by atoms with Gasteiger partial charge in [-0.1, -0.05) is 6.92 Å². The van der Waals surface area contributed by atoms with Crippen LogP contribution in [0, 0.1) is 0 Å². The Morgan fingerprint density at radius 2 is 2.33 bits per heavy atom. The van der Waals surface area contributed by atoms with Gasteiger partial charge in [0.15, 0.2) is 0 Å². The van der Waals surface area contributed by atoms with Gasteiger partial charge in [-0.3, -0.25) is 4.79 Å². The van der Waals surface area contributed by atoms with Gasteiger partial charge in [0.25, 0.3) is 5.91 Å². The number of aromatic nitrogens is 1. The topological polar surface area (TPSA) is 54.0 Å². The number of carbonyl (C=O) groups is 1. The van der Waals surface area contributed by atoms with Crippen LogP contribution < -0.4 is 10.6 Å². The van der Waals surface area contributed by atoms with Crippen LogP contribution in [0.5, 0.6) is 0 Å². The maximum absolute atomic E-state index is 11.7. The van der Waals surface area contributed by atoms with Crippen LogP contribution in [0.15, 0.2) is 16.7 Å². The number of amides is 1. The van der Waals surface area contributed by atoms with Gasteiger partial charge in [0.2, 0.25) is 0 Å². The van der Waals surface area contributed by atoms with Crippen molar-refractivity contribution in [3.8, 4) is 0 Å². The van der Waals surface area contributed by atoms with Crippen molar-refractivity contribution in [1.29, 1.82) is 0 Å². The molecule has 0 fully saturated rings. The predicted molar refractivity (Wildman–Crippen MR) is 64.1 cm³/mol. The van der Waals surface area contributed by atoms with Crippen molar-refractivity contribution < 1.29 is 4.79 Å². The first-order valence-corrected chi connectivity index (χ1v) is 5.59. The number of pyridine rings is 1. The van der Waals surface area contributed by atoms with E-state index in [1.807, 2.05) is 6.92 Å². The van der Waals surface area contributed by atoms with Gasteiger partial charge < -0.3 is 10.6 Å². The summed E-state index contributed by atoms with van der Waals surface area (Å²) in [6, 6.07) is 1.75. The maximum Gasteiger partial charge on any atom is 0.255 e. The first-order valence-electron chi connectivity index (χ1n) is 4.80. The van der Waals surface area contributed by atoms with E-state index >= 15 is 0 Å². The number of hydrogen-bond acceptors (Lipinski definition) is 3. The fraction of sp³-hybridized carbons (Fsp3) is 0.400. The normalized spacial score (nSPS) is 9.80. The number of carbonyl (C=O) groups excluding carboxylic acids is 1. The SMILES string of the molecule is CCCNC(=O)c1cc(Br)cnc1NC. The molecule has 0 aromatic carbocycles. The van der Waals surface area contributed by atoms with Crippen LogP contribution in [0.3, 0.4) is 0 Å². The summed E-state index contributed by atoms with van der Waals surface area (Å²) in [4.78, 5) is 15.8. The third kappa shape index (κ3) is 3.20. The number of halogens is 1. The van der Waals surface area contributed by atoms with Gasteiger partial charge in [0.1, 0.15) is 5.82 Å². The summed E-state index contributed by atoms with van der Waals surface area (Å²) >= 11 is 3.29. The standard InChI is InChI=1S/C10H14BrN3O/c1-3-4-13-10(15)8-5-7(11)6-14-9(8)12-2/h5-6H,3-4H2,1-2H3,(H,12,14)(H,13,15). The minimum Gasteiger partial charge on any atom is -0.372 e. The molecule has 82 valence electrons. The molecule has 1 rings (SSSR count). The molecule has 1 amide bonds. The Labute approximate surface area is 97.6 Å². The van der Waals surface area contributed by atoms with Crippen LogP contribution in [0.1, 0.15) is 23.7 Å². The zero-order valence-corrected chi connectivity index (χ0v) is 10.4. The summed E-state index contributed by atoms with van der Waals surface area (Å²) in [7, 11) is 1.74. The lowest BCUT2D eigenvalue weighted by molar-refractivity contribution is 0.0954. The van der Waals surface area contributed by atoms with E-state index in [2.05, 4.69) is 31.5 Å². The van der Waals surface area contributed by atoms with E-state index in [1.54, 1.807) is 19.3 Å². The molecule has 1 heterocycles. The first-order chi connectivity index (χ1) is 7.19. The van der Waals surface area contributed by atoms with E-state index in [4.69, 9.17) is 0 Å². The van der Waals surface area contributed by atoms with Crippen LogP contribution in [-0.4, -0.2) is 24.5 Å². The fourth-order valence-corrected chi connectivity index (χ4v) is 1.48. The monoisotopic (exact) mass is 271 g/mol. The van der Waals surface area contributed by atoms with Gasteiger partial charge in [-0.15, -0.1) is 0 Å². The molecule has 0 saturated heterocycles. The number of nitrogens with zero attached hydrogens (tertiary/aromatic N) is 1. The van der Waals surface area contributed by atoms with Crippen molar-refractivity contribution in [3.05, 3.63) is 22.3 Å². The highest BCUT2D eigenvalue weighted by molar-refractivity contribution is 9.10. The van der Waals surface area contributed by atoms with Gasteiger partial charge in [0, 0.05) is 24.3 Å². The van der Waals surface area contributed by atoms with E-state index in [0.717, 1.165) is 10.9 Å². The lowest BCUT2D eigenvalue weighted by Gasteiger charge is -2.08. The van der Waals surface area contributed by atoms with Crippen molar-refractivity contribution in [3.63, 3.8) is 0 Å². The smallest absolute Gasteiger partial charge is 0.255 e. The van der Waals surface area contributed by atoms with E-state index in [1.165, 1.54) is 0 Å². The molecule has 0 aliphatic rings. The summed E-state index contributed by atoms with van der Waals surface area (Å²) < 4.78 is 0.795. The van der Waals surface area contributed by atoms with Gasteiger partial charge in [-0.25, -0.2) is 4.98 Å². The zero-order chi connectivity index (χ0) is 11.3. The Morgan fingerprint density at radius 3 is 2.93 bits per heavy atom. The van der Waals surface area contributed by atoms with E-state index in [0.29, 0.717) is 17.9 Å². The Morgan fingerprint density at radius 1 is 1.60 bits per heavy atom. The molecule has 0 radical (unpaired) electrons. The molecule has 1 aromatic rings. The highest BCUT2D eigenvalue weighted by Crippen LogP contribution is 2.17. The third-order valence-corrected chi connectivity index (χ3v) is 2.30. The number of hydrogen-bond donors (Lipinski definition) is 2. The van der Waals surface area contributed by atoms with Crippen LogP contribution in [0.4, 0.5) is 5.82 Å². The minimum absolute atomic E-state index is 0.102. The second-order valence-electron chi connectivity index (χ2n) is 3.06. The molecule has 1 aromatic heterocycles. The average Bonchev–Trinajstić information content (AvgIpc) is 2.25. The summed E-state index contributed by atoms with van der Waals surface area (Å²) in [5.41, 5.74) is 0.556. The number of nitrogens with one attached hydrogen (secondary N) is 2. The quantitative estimate of drug-likeness (QED) is 0.881. The lowest BCUT2D eigenvalue weighted by atomic mass is 10.2. The molecule has 4 nitrogen and oxygen atoms in total. The second-order valence-corrected chi connectivity index (χ2v) is 3.97. The Balaban J connectivity index is 2.90. The molecule has 5 heteroatoms. The van der Waals surface area contributed by atoms with Crippen molar-refractivity contribution >= 4 is 27.7 Å². The van der Waals surface area contributed by atoms with Crippen molar-refractivity contribution in [2.24, 2.45) is 0 Å². The van der Waals surface area contributed by atoms with E-state index in [-0.39, 0.29) is 5.91 Å². The highest BCUT2D eigenvalue weighted by Gasteiger charge is 2.11. The van der Waals surface area contributed by atoms with Crippen LogP contribution in [0.25, 0.3) is 0 Å². The summed E-state index contributed by atoms with van der Waals surface area (Å²) in [6.45, 7) is 2.69. The maximum atomic E-state index is 11.7. The lowest BCUT2D eigenvalue weighted by Crippen LogP contribution is -2.25. The van der Waals surface area contributed by atoms with Crippen LogP contribution >= 0.6 is 15.9 Å². The average molecular weight is 272 g/mol. The molecule has 15 heavy (non-hydrogen) atoms. The van der Waals surface area contributed by atoms with Crippen LogP contribution in [-0.2, 0) is 0 Å². The van der Waals surface area contributed by atoms with Gasteiger partial charge >= 0.3 is 0 Å². The van der Waals surface area contributed by atoms with Crippen LogP contribution in [0.2, 0.25) is 0 Å². The van der Waals surface area contributed by atoms with Crippen molar-refractivity contribution in [1.82, 2.24) is 10.3 Å². The summed E-state index contributed by atoms with van der Waals surface area (Å²) in [5, 5.41) is 5.70. The molecule has 0 aliphatic heterocycles. The second kappa shape index (κ2) is 5.70. The number of rotatable bonds is 4. The third-order valence-electron chi connectivity index (χ3n) is 1.87. The highest BCUT2D eigenvalue weighted by atomic mass is 79.9. The summed E-state index contributed by atoms with van der Waals surface area (Å²) in [6.07, 6.45) is 2.57. The predicted octanol–water partition coefficient (Wildman–Crippen LogP) is 2.03. The molecule has 0 aliphatic carbocycles. The minimum atomic E-state index is -0.102. The van der Waals surface area contributed by atoms with E-state index < -0.39 is 0 Å². The Hall–Kier alpha value is -1.10. The summed E-state index contributed by atoms with van der Waals surface area (Å²) in [5.74, 6) is 0.488. The molecule has 0 unspecified atom stereocenters. The molecule has 0 atom stereocenters. The molecule has 0 saturated carbocycles. The fourth-order valence-electron chi connectivity index (χ4n) is 1.15. The Bertz CT molecular complexity index is 355. The molecular formula is C10H14BrN3O. The molecule has 0 bridgehead atoms. The van der Waals surface area contributed by atoms with Gasteiger partial charge in [-0.2, -0.15) is 0 Å². The Kier molecular flexibility index (Phi) is 4.55. The number of anilines is 1. The molecule has 2 N–H and O–H groups in total. The van der Waals surface area contributed by atoms with Crippen molar-refractivity contribution in [2.75, 3.05) is 18.9 Å². The first kappa shape index (κ1) is 12.0. The van der Waals surface area contributed by atoms with Gasteiger partial charge in [0.05, 0.1) is 5.56 Å². The van der Waals surface area contributed by atoms with Gasteiger partial charge in [-0.05, 0) is 28.4 Å². The zero-order valence-electron chi connectivity index (χ0n) is 8.80. The van der Waals surface area contributed by atoms with E-state index in [9.17, 15) is 4.79 Å². The largest absolute Gasteiger partial charge is 0.372 e. The molecular weight excluding hydrogens is 258 g/mol. The van der Waals surface area contributed by atoms with Crippen molar-refractivity contribution in [2.45, 2.75) is 13.3 Å².